The summed E-state index contributed by atoms with van der Waals surface area (Å²) in [5, 5.41) is 2.90. The van der Waals surface area contributed by atoms with Gasteiger partial charge in [-0.05, 0) is 30.7 Å². The van der Waals surface area contributed by atoms with Crippen LogP contribution in [0, 0.1) is 0 Å². The lowest BCUT2D eigenvalue weighted by atomic mass is 10.2. The lowest BCUT2D eigenvalue weighted by molar-refractivity contribution is -0.141. The molecule has 23 heavy (non-hydrogen) atoms. The van der Waals surface area contributed by atoms with Crippen molar-refractivity contribution in [3.63, 3.8) is 0 Å². The number of alkyl carbamates (subject to hydrolysis) is 1. The third-order valence-corrected chi connectivity index (χ3v) is 2.89. The molecule has 1 aromatic rings. The van der Waals surface area contributed by atoms with Gasteiger partial charge in [-0.2, -0.15) is 0 Å². The van der Waals surface area contributed by atoms with E-state index in [0.717, 1.165) is 0 Å². The van der Waals surface area contributed by atoms with Gasteiger partial charge in [-0.3, -0.25) is 4.79 Å². The summed E-state index contributed by atoms with van der Waals surface area (Å²) in [7, 11) is 0. The van der Waals surface area contributed by atoms with Crippen molar-refractivity contribution in [2.75, 3.05) is 13.2 Å². The van der Waals surface area contributed by atoms with Crippen molar-refractivity contribution < 1.29 is 28.6 Å². The Labute approximate surface area is 138 Å². The van der Waals surface area contributed by atoms with Crippen LogP contribution >= 0.6 is 11.6 Å². The van der Waals surface area contributed by atoms with Gasteiger partial charge in [0.15, 0.2) is 0 Å². The number of rotatable bonds is 7. The monoisotopic (exact) mass is 343 g/mol. The van der Waals surface area contributed by atoms with Gasteiger partial charge in [0.1, 0.15) is 25.0 Å². The highest BCUT2D eigenvalue weighted by Crippen LogP contribution is 2.16. The highest BCUT2D eigenvalue weighted by Gasteiger charge is 2.21. The topological polar surface area (TPSA) is 90.9 Å². The normalized spacial score (nSPS) is 11.3. The largest absolute Gasteiger partial charge is 0.462 e. The smallest absolute Gasteiger partial charge is 0.407 e. The number of benzene rings is 1. The molecule has 0 spiro atoms. The number of nitrogens with one attached hydrogen (secondary N) is 1. The first kappa shape index (κ1) is 18.8. The molecular formula is C15H18ClNO6. The molecule has 1 atom stereocenters. The molecule has 1 amide bonds. The minimum absolute atomic E-state index is 0.0469. The number of hydrogen-bond donors (Lipinski definition) is 1. The van der Waals surface area contributed by atoms with Gasteiger partial charge in [0.25, 0.3) is 0 Å². The van der Waals surface area contributed by atoms with Crippen LogP contribution in [0.1, 0.15) is 20.3 Å². The molecule has 0 heterocycles. The zero-order valence-corrected chi connectivity index (χ0v) is 13.6. The third kappa shape index (κ3) is 7.51. The second-order valence-corrected chi connectivity index (χ2v) is 4.89. The number of esters is 2. The van der Waals surface area contributed by atoms with E-state index in [1.165, 1.54) is 6.92 Å². The number of hydrogen-bond acceptors (Lipinski definition) is 6. The first-order valence-corrected chi connectivity index (χ1v) is 7.34. The van der Waals surface area contributed by atoms with Crippen molar-refractivity contribution in [2.45, 2.75) is 26.3 Å². The third-order valence-electron chi connectivity index (χ3n) is 2.64. The number of ether oxygens (including phenoxy) is 3. The molecule has 0 aliphatic heterocycles. The molecule has 1 aromatic carbocycles. The van der Waals surface area contributed by atoms with Crippen LogP contribution in [0.2, 0.25) is 5.02 Å². The second kappa shape index (κ2) is 9.68. The van der Waals surface area contributed by atoms with Crippen molar-refractivity contribution in [3.8, 4) is 5.75 Å². The van der Waals surface area contributed by atoms with Crippen LogP contribution in [0.5, 0.6) is 5.75 Å². The lowest BCUT2D eigenvalue weighted by Gasteiger charge is -2.15. The maximum absolute atomic E-state index is 12.0. The van der Waals surface area contributed by atoms with Crippen LogP contribution in [-0.4, -0.2) is 37.3 Å². The Kier molecular flexibility index (Phi) is 7.90. The summed E-state index contributed by atoms with van der Waals surface area (Å²) in [5.74, 6) is -0.762. The second-order valence-electron chi connectivity index (χ2n) is 4.46. The fourth-order valence-corrected chi connectivity index (χ4v) is 1.65. The predicted octanol–water partition coefficient (Wildman–Crippen LogP) is 2.31. The molecule has 0 aliphatic carbocycles. The molecule has 1 unspecified atom stereocenters. The molecule has 0 aliphatic rings. The molecule has 0 saturated carbocycles. The van der Waals surface area contributed by atoms with Gasteiger partial charge in [-0.25, -0.2) is 9.59 Å². The highest BCUT2D eigenvalue weighted by molar-refractivity contribution is 6.30. The van der Waals surface area contributed by atoms with Gasteiger partial charge in [0, 0.05) is 11.9 Å². The van der Waals surface area contributed by atoms with E-state index in [-0.39, 0.29) is 13.2 Å². The molecule has 0 radical (unpaired) electrons. The number of carbonyl (C=O) groups is 3. The standard InChI is InChI=1S/C15H18ClNO6/c1-3-13(17-15(20)22-9-8-21-10(2)18)14(19)23-12-6-4-11(16)5-7-12/h4-7,13H,3,8-9H2,1-2H3,(H,17,20). The summed E-state index contributed by atoms with van der Waals surface area (Å²) < 4.78 is 14.5. The average Bonchev–Trinajstić information content (AvgIpc) is 2.51. The summed E-state index contributed by atoms with van der Waals surface area (Å²) in [5.41, 5.74) is 0. The Balaban J connectivity index is 2.42. The van der Waals surface area contributed by atoms with Crippen molar-refractivity contribution in [1.29, 1.82) is 0 Å². The quantitative estimate of drug-likeness (QED) is 0.464. The Bertz CT molecular complexity index is 545. The van der Waals surface area contributed by atoms with Crippen molar-refractivity contribution >= 4 is 29.6 Å². The Morgan fingerprint density at radius 1 is 1.13 bits per heavy atom. The molecule has 126 valence electrons. The number of amides is 1. The van der Waals surface area contributed by atoms with E-state index in [4.69, 9.17) is 21.1 Å². The SMILES string of the molecule is CCC(NC(=O)OCCOC(C)=O)C(=O)Oc1ccc(Cl)cc1. The van der Waals surface area contributed by atoms with E-state index in [1.54, 1.807) is 31.2 Å². The molecule has 0 aromatic heterocycles. The van der Waals surface area contributed by atoms with E-state index in [0.29, 0.717) is 17.2 Å². The van der Waals surface area contributed by atoms with Crippen molar-refractivity contribution in [1.82, 2.24) is 5.32 Å². The van der Waals surface area contributed by atoms with E-state index >= 15 is 0 Å². The summed E-state index contributed by atoms with van der Waals surface area (Å²) in [6, 6.07) is 5.41. The molecular weight excluding hydrogens is 326 g/mol. The van der Waals surface area contributed by atoms with Crippen LogP contribution < -0.4 is 10.1 Å². The van der Waals surface area contributed by atoms with E-state index in [2.05, 4.69) is 10.1 Å². The number of carbonyl (C=O) groups excluding carboxylic acids is 3. The van der Waals surface area contributed by atoms with Crippen molar-refractivity contribution in [2.24, 2.45) is 0 Å². The molecule has 1 N–H and O–H groups in total. The Morgan fingerprint density at radius 3 is 2.30 bits per heavy atom. The van der Waals surface area contributed by atoms with Crippen LogP contribution in [0.15, 0.2) is 24.3 Å². The van der Waals surface area contributed by atoms with E-state index < -0.39 is 24.1 Å². The molecule has 0 saturated heterocycles. The van der Waals surface area contributed by atoms with Crippen LogP contribution in [0.25, 0.3) is 0 Å². The van der Waals surface area contributed by atoms with Gasteiger partial charge in [-0.15, -0.1) is 0 Å². The van der Waals surface area contributed by atoms with Gasteiger partial charge >= 0.3 is 18.0 Å². The minimum Gasteiger partial charge on any atom is -0.462 e. The van der Waals surface area contributed by atoms with Crippen LogP contribution in [-0.2, 0) is 19.1 Å². The molecule has 0 fully saturated rings. The predicted molar refractivity (Wildman–Crippen MR) is 82.3 cm³/mol. The van der Waals surface area contributed by atoms with Gasteiger partial charge in [-0.1, -0.05) is 18.5 Å². The lowest BCUT2D eigenvalue weighted by Crippen LogP contribution is -2.43. The van der Waals surface area contributed by atoms with E-state index in [1.807, 2.05) is 0 Å². The Morgan fingerprint density at radius 2 is 1.74 bits per heavy atom. The molecule has 8 heteroatoms. The first-order chi connectivity index (χ1) is 10.9. The summed E-state index contributed by atoms with van der Waals surface area (Å²) in [6.07, 6.45) is -0.470. The maximum atomic E-state index is 12.0. The minimum atomic E-state index is -0.855. The van der Waals surface area contributed by atoms with Crippen LogP contribution in [0.3, 0.4) is 0 Å². The fourth-order valence-electron chi connectivity index (χ4n) is 1.52. The molecule has 0 bridgehead atoms. The van der Waals surface area contributed by atoms with Crippen LogP contribution in [0.4, 0.5) is 4.79 Å². The molecule has 1 rings (SSSR count). The zero-order valence-electron chi connectivity index (χ0n) is 12.8. The van der Waals surface area contributed by atoms with Gasteiger partial charge in [0.05, 0.1) is 0 Å². The summed E-state index contributed by atoms with van der Waals surface area (Å²) >= 11 is 5.74. The molecule has 7 nitrogen and oxygen atoms in total. The highest BCUT2D eigenvalue weighted by atomic mass is 35.5. The van der Waals surface area contributed by atoms with Crippen molar-refractivity contribution in [3.05, 3.63) is 29.3 Å². The van der Waals surface area contributed by atoms with E-state index in [9.17, 15) is 14.4 Å². The summed E-state index contributed by atoms with van der Waals surface area (Å²) in [4.78, 5) is 34.1. The first-order valence-electron chi connectivity index (χ1n) is 6.96. The van der Waals surface area contributed by atoms with Gasteiger partial charge in [0.2, 0.25) is 0 Å². The van der Waals surface area contributed by atoms with Gasteiger partial charge < -0.3 is 19.5 Å². The fraction of sp³-hybridized carbons (Fsp3) is 0.400. The zero-order chi connectivity index (χ0) is 17.2. The maximum Gasteiger partial charge on any atom is 0.407 e. The average molecular weight is 344 g/mol. The number of halogens is 1. The Hall–Kier alpha value is -2.28. The summed E-state index contributed by atoms with van der Waals surface area (Å²) in [6.45, 7) is 2.82.